The fourth-order valence-corrected chi connectivity index (χ4v) is 5.71. The number of hydrogen-bond donors (Lipinski definition) is 0. The van der Waals surface area contributed by atoms with Crippen molar-refractivity contribution in [2.75, 3.05) is 26.3 Å². The van der Waals surface area contributed by atoms with Gasteiger partial charge in [-0.15, -0.1) is 5.06 Å². The Morgan fingerprint density at radius 2 is 1.56 bits per heavy atom. The van der Waals surface area contributed by atoms with E-state index in [0.29, 0.717) is 45.8 Å². The van der Waals surface area contributed by atoms with Crippen molar-refractivity contribution in [3.8, 4) is 5.75 Å². The molecule has 45 heavy (non-hydrogen) atoms. The van der Waals surface area contributed by atoms with Gasteiger partial charge in [-0.1, -0.05) is 84.9 Å². The van der Waals surface area contributed by atoms with E-state index in [1.54, 1.807) is 25.8 Å². The average Bonchev–Trinajstić information content (AvgIpc) is 3.02. The Hall–Kier alpha value is -4.20. The van der Waals surface area contributed by atoms with Crippen molar-refractivity contribution in [3.05, 3.63) is 114 Å². The predicted octanol–water partition coefficient (Wildman–Crippen LogP) is 7.91. The van der Waals surface area contributed by atoms with Crippen LogP contribution in [0.2, 0.25) is 0 Å². The highest BCUT2D eigenvalue weighted by Crippen LogP contribution is 2.36. The number of rotatable bonds is 12. The normalized spacial score (nSPS) is 17.1. The second-order valence-electron chi connectivity index (χ2n) is 12.6. The molecule has 0 radical (unpaired) electrons. The van der Waals surface area contributed by atoms with Crippen LogP contribution in [0.5, 0.6) is 5.75 Å². The molecule has 0 spiro atoms. The molecule has 7 heteroatoms. The topological polar surface area (TPSA) is 74.3 Å². The van der Waals surface area contributed by atoms with Crippen LogP contribution in [0.3, 0.4) is 0 Å². The Morgan fingerprint density at radius 3 is 2.31 bits per heavy atom. The van der Waals surface area contributed by atoms with Crippen molar-refractivity contribution >= 4 is 22.7 Å². The molecular weight excluding hydrogens is 566 g/mol. The summed E-state index contributed by atoms with van der Waals surface area (Å²) in [6.07, 6.45) is 1.000. The summed E-state index contributed by atoms with van der Waals surface area (Å²) in [4.78, 5) is 31.9. The molecule has 4 aromatic carbocycles. The summed E-state index contributed by atoms with van der Waals surface area (Å²) in [5.74, 6) is 0.521. The van der Waals surface area contributed by atoms with Crippen LogP contribution in [0.4, 0.5) is 4.79 Å². The fourth-order valence-electron chi connectivity index (χ4n) is 5.71. The van der Waals surface area contributed by atoms with Gasteiger partial charge in [-0.25, -0.2) is 4.79 Å². The smallest absolute Gasteiger partial charge is 0.494 e. The number of fused-ring (bicyclic) bond motifs is 1. The predicted molar refractivity (Wildman–Crippen MR) is 175 cm³/mol. The molecule has 236 valence electrons. The third kappa shape index (κ3) is 9.64. The van der Waals surface area contributed by atoms with Gasteiger partial charge >= 0.3 is 6.16 Å². The standard InChI is InChI=1S/C38H43NO6/c1-38(2,3)44-37(41)45-39-21-20-34(35(26-39)36(40)25-29-14-15-30-12-7-8-13-32(30)24-29)31-16-18-33(19-17-31)43-23-9-22-42-27-28-10-5-4-6-11-28/h4-8,10-19,24,34-35H,9,20-23,25-27H2,1-3H3. The number of ketones is 1. The maximum absolute atomic E-state index is 13.9. The van der Waals surface area contributed by atoms with Gasteiger partial charge in [0.2, 0.25) is 0 Å². The summed E-state index contributed by atoms with van der Waals surface area (Å²) < 4.78 is 17.1. The van der Waals surface area contributed by atoms with Gasteiger partial charge < -0.3 is 19.0 Å². The third-order valence-corrected chi connectivity index (χ3v) is 7.90. The van der Waals surface area contributed by atoms with Crippen molar-refractivity contribution in [1.82, 2.24) is 5.06 Å². The molecule has 2 unspecified atom stereocenters. The molecule has 0 aromatic heterocycles. The number of ether oxygens (including phenoxy) is 3. The summed E-state index contributed by atoms with van der Waals surface area (Å²) in [6, 6.07) is 32.5. The number of Topliss-reactive ketones (excluding diaryl/α,β-unsaturated/α-hetero) is 1. The lowest BCUT2D eigenvalue weighted by atomic mass is 9.77. The minimum absolute atomic E-state index is 0.0168. The summed E-state index contributed by atoms with van der Waals surface area (Å²) >= 11 is 0. The van der Waals surface area contributed by atoms with Crippen LogP contribution in [0.25, 0.3) is 10.8 Å². The van der Waals surface area contributed by atoms with Crippen molar-refractivity contribution in [3.63, 3.8) is 0 Å². The number of nitrogens with zero attached hydrogens (tertiary/aromatic N) is 1. The number of hydrogen-bond acceptors (Lipinski definition) is 7. The van der Waals surface area contributed by atoms with Gasteiger partial charge in [0.15, 0.2) is 0 Å². The monoisotopic (exact) mass is 609 g/mol. The van der Waals surface area contributed by atoms with Gasteiger partial charge in [-0.3, -0.25) is 4.79 Å². The van der Waals surface area contributed by atoms with Crippen molar-refractivity contribution < 1.29 is 28.6 Å². The first-order valence-electron chi connectivity index (χ1n) is 15.7. The lowest BCUT2D eigenvalue weighted by Crippen LogP contribution is -2.44. The molecule has 2 atom stereocenters. The van der Waals surface area contributed by atoms with Gasteiger partial charge in [0, 0.05) is 31.8 Å². The third-order valence-electron chi connectivity index (χ3n) is 7.90. The Bertz CT molecular complexity index is 1550. The van der Waals surface area contributed by atoms with E-state index in [1.807, 2.05) is 60.7 Å². The molecule has 0 amide bonds. The minimum Gasteiger partial charge on any atom is -0.494 e. The number of carbonyl (C=O) groups is 2. The molecule has 0 aliphatic carbocycles. The molecule has 0 bridgehead atoms. The SMILES string of the molecule is CC(C)(C)OC(=O)ON1CCC(c2ccc(OCCCOCc3ccccc3)cc2)C(C(=O)Cc2ccc3ccccc3c2)C1. The highest BCUT2D eigenvalue weighted by atomic mass is 16.8. The zero-order valence-electron chi connectivity index (χ0n) is 26.4. The number of carbonyl (C=O) groups excluding carboxylic acids is 2. The van der Waals surface area contributed by atoms with Crippen LogP contribution in [0, 0.1) is 5.92 Å². The van der Waals surface area contributed by atoms with E-state index in [9.17, 15) is 9.59 Å². The van der Waals surface area contributed by atoms with E-state index < -0.39 is 11.8 Å². The highest BCUT2D eigenvalue weighted by molar-refractivity contribution is 5.87. The van der Waals surface area contributed by atoms with Gasteiger partial charge in [0.05, 0.1) is 19.8 Å². The first-order chi connectivity index (χ1) is 21.7. The molecule has 7 nitrogen and oxygen atoms in total. The van der Waals surface area contributed by atoms with Crippen molar-refractivity contribution in [1.29, 1.82) is 0 Å². The number of hydroxylamine groups is 2. The fraction of sp³-hybridized carbons (Fsp3) is 0.368. The number of piperidine rings is 1. The van der Waals surface area contributed by atoms with Gasteiger partial charge in [0.1, 0.15) is 17.1 Å². The second-order valence-corrected chi connectivity index (χ2v) is 12.6. The molecule has 5 rings (SSSR count). The highest BCUT2D eigenvalue weighted by Gasteiger charge is 2.37. The second kappa shape index (κ2) is 15.2. The van der Waals surface area contributed by atoms with E-state index >= 15 is 0 Å². The maximum atomic E-state index is 13.9. The lowest BCUT2D eigenvalue weighted by Gasteiger charge is -2.37. The molecular formula is C38H43NO6. The summed E-state index contributed by atoms with van der Waals surface area (Å²) in [5.41, 5.74) is 2.53. The zero-order chi connectivity index (χ0) is 31.6. The first-order valence-corrected chi connectivity index (χ1v) is 15.7. The summed E-state index contributed by atoms with van der Waals surface area (Å²) in [6.45, 7) is 7.97. The minimum atomic E-state index is -0.756. The lowest BCUT2D eigenvalue weighted by molar-refractivity contribution is -0.166. The largest absolute Gasteiger partial charge is 0.528 e. The Kier molecular flexibility index (Phi) is 10.9. The van der Waals surface area contributed by atoms with E-state index in [-0.39, 0.29) is 17.6 Å². The van der Waals surface area contributed by atoms with E-state index in [0.717, 1.165) is 39.6 Å². The average molecular weight is 610 g/mol. The molecule has 1 fully saturated rings. The molecule has 1 aliphatic heterocycles. The summed E-state index contributed by atoms with van der Waals surface area (Å²) in [7, 11) is 0. The van der Waals surface area contributed by atoms with Crippen LogP contribution in [0.15, 0.2) is 97.1 Å². The molecule has 1 heterocycles. The van der Waals surface area contributed by atoms with Crippen LogP contribution in [-0.2, 0) is 32.1 Å². The maximum Gasteiger partial charge on any atom is 0.528 e. The van der Waals surface area contributed by atoms with Gasteiger partial charge in [-0.2, -0.15) is 0 Å². The summed E-state index contributed by atoms with van der Waals surface area (Å²) in [5, 5.41) is 3.82. The molecule has 4 aromatic rings. The molecule has 1 aliphatic rings. The van der Waals surface area contributed by atoms with Crippen LogP contribution < -0.4 is 4.74 Å². The first kappa shape index (κ1) is 32.2. The van der Waals surface area contributed by atoms with Crippen LogP contribution in [0.1, 0.15) is 56.2 Å². The molecule has 1 saturated heterocycles. The zero-order valence-corrected chi connectivity index (χ0v) is 26.4. The molecule has 0 saturated carbocycles. The number of benzene rings is 4. The van der Waals surface area contributed by atoms with Crippen LogP contribution in [-0.4, -0.2) is 48.9 Å². The van der Waals surface area contributed by atoms with E-state index in [2.05, 4.69) is 36.4 Å². The van der Waals surface area contributed by atoms with Gasteiger partial charge in [-0.05, 0) is 72.7 Å². The Labute approximate surface area is 266 Å². The van der Waals surface area contributed by atoms with Gasteiger partial charge in [0.25, 0.3) is 0 Å². The Morgan fingerprint density at radius 1 is 0.822 bits per heavy atom. The quantitative estimate of drug-likeness (QED) is 0.119. The van der Waals surface area contributed by atoms with Crippen molar-refractivity contribution in [2.24, 2.45) is 5.92 Å². The van der Waals surface area contributed by atoms with E-state index in [1.165, 1.54) is 0 Å². The molecule has 0 N–H and O–H groups in total. The van der Waals surface area contributed by atoms with E-state index in [4.69, 9.17) is 19.0 Å². The Balaban J connectivity index is 1.21. The van der Waals surface area contributed by atoms with Crippen molar-refractivity contribution in [2.45, 2.75) is 58.2 Å². The van der Waals surface area contributed by atoms with Crippen LogP contribution >= 0.6 is 0 Å².